The van der Waals surface area contributed by atoms with Crippen molar-refractivity contribution < 1.29 is 9.47 Å². The Labute approximate surface area is 105 Å². The number of rotatable bonds is 2. The van der Waals surface area contributed by atoms with Crippen molar-refractivity contribution in [3.8, 4) is 0 Å². The van der Waals surface area contributed by atoms with Crippen molar-refractivity contribution in [1.82, 2.24) is 0 Å². The van der Waals surface area contributed by atoms with Crippen molar-refractivity contribution in [3.05, 3.63) is 45.8 Å². The summed E-state index contributed by atoms with van der Waals surface area (Å²) in [6, 6.07) is 5.55. The van der Waals surface area contributed by atoms with Gasteiger partial charge in [-0.15, -0.1) is 0 Å². The smallest absolute Gasteiger partial charge is 0.275 e. The lowest BCUT2D eigenvalue weighted by Crippen LogP contribution is -2.09. The van der Waals surface area contributed by atoms with E-state index in [2.05, 4.69) is 0 Å². The van der Waals surface area contributed by atoms with Crippen LogP contribution in [0.2, 0.25) is 10.0 Å². The van der Waals surface area contributed by atoms with Crippen LogP contribution in [0.1, 0.15) is 24.5 Å². The highest BCUT2D eigenvalue weighted by atomic mass is 35.5. The van der Waals surface area contributed by atoms with Crippen LogP contribution in [0.4, 0.5) is 0 Å². The summed E-state index contributed by atoms with van der Waals surface area (Å²) < 4.78 is 10.7. The number of halogens is 2. The third-order valence-corrected chi connectivity index (χ3v) is 3.25. The Kier molecular flexibility index (Phi) is 3.62. The maximum absolute atomic E-state index is 5.97. The zero-order valence-corrected chi connectivity index (χ0v) is 10.4. The van der Waals surface area contributed by atoms with E-state index < -0.39 is 0 Å². The summed E-state index contributed by atoms with van der Waals surface area (Å²) in [7, 11) is 1.60. The summed E-state index contributed by atoms with van der Waals surface area (Å²) in [5.41, 5.74) is 1.03. The number of benzene rings is 1. The van der Waals surface area contributed by atoms with E-state index in [-0.39, 0.29) is 6.10 Å². The Balaban J connectivity index is 2.19. The molecule has 0 aliphatic carbocycles. The molecule has 0 N–H and O–H groups in total. The summed E-state index contributed by atoms with van der Waals surface area (Å²) in [6.07, 6.45) is 3.79. The Morgan fingerprint density at radius 1 is 1.31 bits per heavy atom. The fourth-order valence-corrected chi connectivity index (χ4v) is 1.99. The number of methoxy groups -OCH3 is 1. The molecule has 1 heterocycles. The minimum atomic E-state index is -0.00489. The first kappa shape index (κ1) is 11.6. The summed E-state index contributed by atoms with van der Waals surface area (Å²) >= 11 is 11.8. The van der Waals surface area contributed by atoms with E-state index in [0.29, 0.717) is 16.0 Å². The van der Waals surface area contributed by atoms with Crippen molar-refractivity contribution in [3.63, 3.8) is 0 Å². The lowest BCUT2D eigenvalue weighted by atomic mass is 10.0. The van der Waals surface area contributed by atoms with Crippen molar-refractivity contribution >= 4 is 23.2 Å². The van der Waals surface area contributed by atoms with Crippen LogP contribution in [0.25, 0.3) is 0 Å². The zero-order chi connectivity index (χ0) is 11.5. The minimum Gasteiger partial charge on any atom is -0.469 e. The molecule has 4 heteroatoms. The van der Waals surface area contributed by atoms with Gasteiger partial charge in [0.15, 0.2) is 0 Å². The monoisotopic (exact) mass is 258 g/mol. The van der Waals surface area contributed by atoms with Gasteiger partial charge in [0.05, 0.1) is 17.2 Å². The lowest BCUT2D eigenvalue weighted by molar-refractivity contribution is -0.00547. The third-order valence-electron chi connectivity index (χ3n) is 2.51. The molecule has 0 amide bonds. The van der Waals surface area contributed by atoms with E-state index in [9.17, 15) is 0 Å². The van der Waals surface area contributed by atoms with Gasteiger partial charge in [0.25, 0.3) is 5.95 Å². The molecule has 86 valence electrons. The van der Waals surface area contributed by atoms with Crippen LogP contribution < -0.4 is 0 Å². The average molecular weight is 259 g/mol. The van der Waals surface area contributed by atoms with E-state index in [4.69, 9.17) is 32.7 Å². The molecule has 0 aromatic heterocycles. The lowest BCUT2D eigenvalue weighted by Gasteiger charge is -2.23. The summed E-state index contributed by atoms with van der Waals surface area (Å²) in [5.74, 6) is 0.572. The molecule has 16 heavy (non-hydrogen) atoms. The second-order valence-corrected chi connectivity index (χ2v) is 4.40. The van der Waals surface area contributed by atoms with Crippen molar-refractivity contribution in [2.45, 2.75) is 18.9 Å². The van der Waals surface area contributed by atoms with E-state index in [0.717, 1.165) is 18.4 Å². The maximum atomic E-state index is 5.97. The van der Waals surface area contributed by atoms with E-state index in [1.807, 2.05) is 18.2 Å². The fraction of sp³-hybridized carbons (Fsp3) is 0.333. The van der Waals surface area contributed by atoms with Crippen LogP contribution >= 0.6 is 23.2 Å². The van der Waals surface area contributed by atoms with Crippen LogP contribution in [0.5, 0.6) is 0 Å². The van der Waals surface area contributed by atoms with Gasteiger partial charge in [-0.3, -0.25) is 0 Å². The van der Waals surface area contributed by atoms with E-state index >= 15 is 0 Å². The first-order valence-corrected chi connectivity index (χ1v) is 5.82. The summed E-state index contributed by atoms with van der Waals surface area (Å²) in [4.78, 5) is 0. The molecule has 2 rings (SSSR count). The molecular weight excluding hydrogens is 247 g/mol. The molecule has 1 aliphatic rings. The van der Waals surface area contributed by atoms with E-state index in [1.165, 1.54) is 0 Å². The average Bonchev–Trinajstić information content (AvgIpc) is 2.33. The molecule has 0 saturated carbocycles. The van der Waals surface area contributed by atoms with Gasteiger partial charge < -0.3 is 9.47 Å². The standard InChI is InChI=1S/C12H12Cl2O2/c1-15-12-4-2-3-11(16-12)8-5-6-9(13)10(14)7-8/h4-7,11H,2-3H2,1H3. The van der Waals surface area contributed by atoms with Gasteiger partial charge >= 0.3 is 0 Å². The number of ether oxygens (including phenoxy) is 2. The zero-order valence-electron chi connectivity index (χ0n) is 8.87. The Bertz CT molecular complexity index is 415. The van der Waals surface area contributed by atoms with Crippen molar-refractivity contribution in [2.75, 3.05) is 7.11 Å². The van der Waals surface area contributed by atoms with Gasteiger partial charge in [-0.05, 0) is 36.6 Å². The van der Waals surface area contributed by atoms with Gasteiger partial charge in [0.1, 0.15) is 6.10 Å². The molecule has 1 atom stereocenters. The number of hydrogen-bond donors (Lipinski definition) is 0. The van der Waals surface area contributed by atoms with E-state index in [1.54, 1.807) is 13.2 Å². The second kappa shape index (κ2) is 4.98. The highest BCUT2D eigenvalue weighted by molar-refractivity contribution is 6.42. The van der Waals surface area contributed by atoms with Crippen LogP contribution in [0.3, 0.4) is 0 Å². The highest BCUT2D eigenvalue weighted by Gasteiger charge is 2.19. The number of hydrogen-bond acceptors (Lipinski definition) is 2. The first-order chi connectivity index (χ1) is 7.70. The molecule has 0 spiro atoms. The van der Waals surface area contributed by atoms with Crippen molar-refractivity contribution in [2.24, 2.45) is 0 Å². The van der Waals surface area contributed by atoms with Gasteiger partial charge in [-0.2, -0.15) is 0 Å². The molecule has 2 nitrogen and oxygen atoms in total. The second-order valence-electron chi connectivity index (χ2n) is 3.58. The van der Waals surface area contributed by atoms with Crippen LogP contribution in [-0.2, 0) is 9.47 Å². The Morgan fingerprint density at radius 3 is 2.81 bits per heavy atom. The number of allylic oxidation sites excluding steroid dienone is 1. The molecule has 0 saturated heterocycles. The summed E-state index contributed by atoms with van der Waals surface area (Å²) in [6.45, 7) is 0. The quantitative estimate of drug-likeness (QED) is 0.786. The molecule has 1 aromatic carbocycles. The Morgan fingerprint density at radius 2 is 2.12 bits per heavy atom. The summed E-state index contributed by atoms with van der Waals surface area (Å²) in [5, 5.41) is 1.11. The first-order valence-electron chi connectivity index (χ1n) is 5.06. The molecule has 1 aromatic rings. The van der Waals surface area contributed by atoms with Crippen molar-refractivity contribution in [1.29, 1.82) is 0 Å². The topological polar surface area (TPSA) is 18.5 Å². The molecule has 0 radical (unpaired) electrons. The van der Waals surface area contributed by atoms with Gasteiger partial charge in [0, 0.05) is 0 Å². The molecule has 1 aliphatic heterocycles. The van der Waals surface area contributed by atoms with Crippen LogP contribution in [-0.4, -0.2) is 7.11 Å². The minimum absolute atomic E-state index is 0.00489. The molecule has 1 unspecified atom stereocenters. The normalized spacial score (nSPS) is 19.9. The Hall–Kier alpha value is -0.860. The molecule has 0 fully saturated rings. The molecule has 0 bridgehead atoms. The molecular formula is C12H12Cl2O2. The van der Waals surface area contributed by atoms with Crippen LogP contribution in [0.15, 0.2) is 30.2 Å². The SMILES string of the molecule is COC1=CCCC(c2ccc(Cl)c(Cl)c2)O1. The van der Waals surface area contributed by atoms with Gasteiger partial charge in [-0.25, -0.2) is 0 Å². The van der Waals surface area contributed by atoms with Gasteiger partial charge in [-0.1, -0.05) is 29.3 Å². The van der Waals surface area contributed by atoms with Crippen LogP contribution in [0, 0.1) is 0 Å². The predicted molar refractivity (Wildman–Crippen MR) is 64.6 cm³/mol. The maximum Gasteiger partial charge on any atom is 0.275 e. The highest BCUT2D eigenvalue weighted by Crippen LogP contribution is 2.33. The third kappa shape index (κ3) is 2.45. The largest absolute Gasteiger partial charge is 0.469 e. The van der Waals surface area contributed by atoms with Gasteiger partial charge in [0.2, 0.25) is 0 Å². The predicted octanol–water partition coefficient (Wildman–Crippen LogP) is 4.33. The fourth-order valence-electron chi connectivity index (χ4n) is 1.68.